The second-order valence-corrected chi connectivity index (χ2v) is 10.6. The zero-order valence-corrected chi connectivity index (χ0v) is 20.8. The Morgan fingerprint density at radius 3 is 2.24 bits per heavy atom. The van der Waals surface area contributed by atoms with Gasteiger partial charge in [0.15, 0.2) is 11.5 Å². The first-order valence-corrected chi connectivity index (χ1v) is 13.0. The first kappa shape index (κ1) is 26.0. The van der Waals surface area contributed by atoms with Crippen molar-refractivity contribution >= 4 is 15.9 Å². The molecule has 0 aromatic heterocycles. The molecule has 0 heterocycles. The number of carbonyl (C=O) groups is 1. The van der Waals surface area contributed by atoms with E-state index in [1.165, 1.54) is 31.4 Å². The highest BCUT2D eigenvalue weighted by molar-refractivity contribution is 7.89. The number of sulfonamides is 1. The largest absolute Gasteiger partial charge is 0.493 e. The van der Waals surface area contributed by atoms with E-state index in [1.807, 2.05) is 20.8 Å². The summed E-state index contributed by atoms with van der Waals surface area (Å²) in [5.74, 6) is 0.270. The van der Waals surface area contributed by atoms with Crippen molar-refractivity contribution in [1.82, 2.24) is 10.0 Å². The van der Waals surface area contributed by atoms with Gasteiger partial charge in [-0.25, -0.2) is 17.5 Å². The molecule has 2 aromatic rings. The number of amides is 1. The van der Waals surface area contributed by atoms with Crippen molar-refractivity contribution in [1.29, 1.82) is 0 Å². The maximum atomic E-state index is 13.1. The first-order valence-electron chi connectivity index (χ1n) is 11.5. The van der Waals surface area contributed by atoms with Crippen LogP contribution in [0.5, 0.6) is 11.5 Å². The molecule has 1 aliphatic carbocycles. The molecule has 0 aliphatic heterocycles. The van der Waals surface area contributed by atoms with E-state index in [2.05, 4.69) is 10.0 Å². The van der Waals surface area contributed by atoms with Gasteiger partial charge in [0.1, 0.15) is 5.82 Å². The molecule has 0 bridgehead atoms. The fourth-order valence-corrected chi connectivity index (χ4v) is 5.41. The molecule has 0 spiro atoms. The lowest BCUT2D eigenvalue weighted by molar-refractivity contribution is -0.126. The summed E-state index contributed by atoms with van der Waals surface area (Å²) in [5, 5.41) is 2.98. The van der Waals surface area contributed by atoms with Crippen LogP contribution in [0.1, 0.15) is 58.1 Å². The number of hydrogen-bond acceptors (Lipinski definition) is 5. The fourth-order valence-electron chi connectivity index (χ4n) is 4.09. The van der Waals surface area contributed by atoms with Crippen LogP contribution in [0.2, 0.25) is 0 Å². The lowest BCUT2D eigenvalue weighted by Gasteiger charge is -2.29. The van der Waals surface area contributed by atoms with Crippen LogP contribution in [0.3, 0.4) is 0 Å². The third-order valence-electron chi connectivity index (χ3n) is 5.96. The molecule has 1 aliphatic rings. The number of hydrogen-bond donors (Lipinski definition) is 2. The van der Waals surface area contributed by atoms with Crippen molar-refractivity contribution in [2.45, 2.75) is 69.5 Å². The van der Waals surface area contributed by atoms with E-state index in [4.69, 9.17) is 9.47 Å². The molecule has 0 radical (unpaired) electrons. The number of rotatable bonds is 9. The summed E-state index contributed by atoms with van der Waals surface area (Å²) in [6.45, 7) is 5.62. The van der Waals surface area contributed by atoms with E-state index in [0.29, 0.717) is 37.2 Å². The van der Waals surface area contributed by atoms with Crippen molar-refractivity contribution in [3.63, 3.8) is 0 Å². The van der Waals surface area contributed by atoms with Crippen molar-refractivity contribution in [2.24, 2.45) is 5.92 Å². The van der Waals surface area contributed by atoms with Gasteiger partial charge in [0, 0.05) is 18.0 Å². The topological polar surface area (TPSA) is 93.7 Å². The van der Waals surface area contributed by atoms with Gasteiger partial charge in [-0.05, 0) is 76.3 Å². The summed E-state index contributed by atoms with van der Waals surface area (Å²) < 4.78 is 52.7. The quantitative estimate of drug-likeness (QED) is 0.543. The molecule has 1 amide bonds. The molecule has 3 rings (SSSR count). The lowest BCUT2D eigenvalue weighted by Crippen LogP contribution is -2.41. The van der Waals surface area contributed by atoms with Crippen LogP contribution in [0, 0.1) is 11.7 Å². The smallest absolute Gasteiger partial charge is 0.240 e. The zero-order valence-electron chi connectivity index (χ0n) is 20.0. The van der Waals surface area contributed by atoms with E-state index in [9.17, 15) is 17.6 Å². The van der Waals surface area contributed by atoms with Crippen molar-refractivity contribution < 1.29 is 27.1 Å². The second kappa shape index (κ2) is 11.2. The van der Waals surface area contributed by atoms with E-state index < -0.39 is 10.0 Å². The third-order valence-corrected chi connectivity index (χ3v) is 7.47. The Balaban J connectivity index is 1.55. The predicted octanol–water partition coefficient (Wildman–Crippen LogP) is 4.34. The van der Waals surface area contributed by atoms with Gasteiger partial charge in [0.05, 0.1) is 24.2 Å². The molecule has 2 N–H and O–H groups in total. The van der Waals surface area contributed by atoms with Gasteiger partial charge in [0.2, 0.25) is 15.9 Å². The normalized spacial score (nSPS) is 19.5. The molecule has 34 heavy (non-hydrogen) atoms. The molecule has 7 nitrogen and oxygen atoms in total. The van der Waals surface area contributed by atoms with Crippen LogP contribution in [0.4, 0.5) is 4.39 Å². The maximum absolute atomic E-state index is 13.1. The summed E-state index contributed by atoms with van der Waals surface area (Å²) in [6.07, 6.45) is 2.22. The monoisotopic (exact) mass is 492 g/mol. The molecule has 9 heteroatoms. The minimum Gasteiger partial charge on any atom is -0.493 e. The van der Waals surface area contributed by atoms with E-state index in [0.717, 1.165) is 5.56 Å². The maximum Gasteiger partial charge on any atom is 0.240 e. The van der Waals surface area contributed by atoms with Gasteiger partial charge in [-0.3, -0.25) is 4.79 Å². The molecular weight excluding hydrogens is 459 g/mol. The summed E-state index contributed by atoms with van der Waals surface area (Å²) in [5.41, 5.74) is 0.830. The Morgan fingerprint density at radius 2 is 1.65 bits per heavy atom. The molecule has 1 atom stereocenters. The van der Waals surface area contributed by atoms with Gasteiger partial charge in [0.25, 0.3) is 0 Å². The Kier molecular flexibility index (Phi) is 8.54. The number of methoxy groups -OCH3 is 1. The van der Waals surface area contributed by atoms with Gasteiger partial charge in [-0.1, -0.05) is 12.1 Å². The Labute approximate surface area is 201 Å². The summed E-state index contributed by atoms with van der Waals surface area (Å²) in [4.78, 5) is 12.8. The van der Waals surface area contributed by atoms with Gasteiger partial charge >= 0.3 is 0 Å². The molecule has 186 valence electrons. The van der Waals surface area contributed by atoms with Crippen LogP contribution in [-0.4, -0.2) is 33.6 Å². The zero-order chi connectivity index (χ0) is 24.9. The van der Waals surface area contributed by atoms with Crippen molar-refractivity contribution in [3.8, 4) is 11.5 Å². The Morgan fingerprint density at radius 1 is 1.00 bits per heavy atom. The molecule has 1 saturated carbocycles. The number of halogens is 1. The first-order chi connectivity index (χ1) is 16.1. The highest BCUT2D eigenvalue weighted by Crippen LogP contribution is 2.32. The van der Waals surface area contributed by atoms with Crippen molar-refractivity contribution in [3.05, 3.63) is 53.8 Å². The summed E-state index contributed by atoms with van der Waals surface area (Å²) >= 11 is 0. The Bertz CT molecular complexity index is 1080. The van der Waals surface area contributed by atoms with Crippen LogP contribution in [0.15, 0.2) is 47.4 Å². The number of ether oxygens (including phenoxy) is 2. The van der Waals surface area contributed by atoms with E-state index in [-0.39, 0.29) is 40.7 Å². The number of carbonyl (C=O) groups excluding carboxylic acids is 1. The van der Waals surface area contributed by atoms with Crippen LogP contribution >= 0.6 is 0 Å². The van der Waals surface area contributed by atoms with Gasteiger partial charge in [-0.2, -0.15) is 0 Å². The van der Waals surface area contributed by atoms with Gasteiger partial charge < -0.3 is 14.8 Å². The minimum absolute atomic E-state index is 0.0661. The fraction of sp³-hybridized carbons (Fsp3) is 0.480. The molecule has 0 saturated heterocycles. The van der Waals surface area contributed by atoms with Crippen molar-refractivity contribution in [2.75, 3.05) is 7.11 Å². The minimum atomic E-state index is -3.75. The molecule has 2 aromatic carbocycles. The van der Waals surface area contributed by atoms with E-state index in [1.54, 1.807) is 18.2 Å². The van der Waals surface area contributed by atoms with E-state index >= 15 is 0 Å². The average molecular weight is 493 g/mol. The predicted molar refractivity (Wildman–Crippen MR) is 128 cm³/mol. The summed E-state index contributed by atoms with van der Waals surface area (Å²) in [6, 6.07) is 10.1. The van der Waals surface area contributed by atoms with Crippen LogP contribution in [0.25, 0.3) is 0 Å². The van der Waals surface area contributed by atoms with Gasteiger partial charge in [-0.15, -0.1) is 0 Å². The summed E-state index contributed by atoms with van der Waals surface area (Å²) in [7, 11) is -2.28. The third kappa shape index (κ3) is 6.70. The Hall–Kier alpha value is -2.65. The van der Waals surface area contributed by atoms with Crippen LogP contribution < -0.4 is 19.5 Å². The van der Waals surface area contributed by atoms with Crippen LogP contribution in [-0.2, 0) is 14.8 Å². The highest BCUT2D eigenvalue weighted by Gasteiger charge is 2.30. The molecule has 1 fully saturated rings. The SMILES string of the molecule is COc1cc(S(=O)(=O)N[C@H]2CC[C@H](C(=O)N[C@H](C)c3ccc(F)cc3)CC2)ccc1OC(C)C. The molecular formula is C25H33FN2O5S. The highest BCUT2D eigenvalue weighted by atomic mass is 32.2. The number of benzene rings is 2. The molecule has 0 unspecified atom stereocenters. The standard InChI is InChI=1S/C25H33FN2O5S/c1-16(2)33-23-14-13-22(15-24(23)32-4)34(30,31)28-21-11-7-19(8-12-21)25(29)27-17(3)18-5-9-20(26)10-6-18/h5-6,9-10,13-17,19,21,28H,7-8,11-12H2,1-4H3,(H,27,29)/t17-,19-,21-/m1/s1. The lowest BCUT2D eigenvalue weighted by atomic mass is 9.85. The average Bonchev–Trinajstić information content (AvgIpc) is 2.79. The number of nitrogens with one attached hydrogen (secondary N) is 2. The second-order valence-electron chi connectivity index (χ2n) is 8.93.